The van der Waals surface area contributed by atoms with Crippen LogP contribution in [-0.4, -0.2) is 25.2 Å². The van der Waals surface area contributed by atoms with Gasteiger partial charge in [-0.25, -0.2) is 0 Å². The lowest BCUT2D eigenvalue weighted by Gasteiger charge is -2.03. The molecule has 0 aliphatic carbocycles. The molecule has 4 nitrogen and oxygen atoms in total. The molecule has 0 aliphatic heterocycles. The Balaban J connectivity index is 0. The molecule has 0 fully saturated rings. The second-order valence-electron chi connectivity index (χ2n) is 10.2. The smallest absolute Gasteiger partial charge is 0.305 e. The molecule has 0 aliphatic rings. The zero-order valence-electron chi connectivity index (χ0n) is 25.0. The van der Waals surface area contributed by atoms with Crippen molar-refractivity contribution in [3.05, 3.63) is 0 Å². The average Bonchev–Trinajstić information content (AvgIpc) is 2.86. The van der Waals surface area contributed by atoms with Gasteiger partial charge in [0.15, 0.2) is 0 Å². The van der Waals surface area contributed by atoms with Gasteiger partial charge in [-0.1, -0.05) is 142 Å². The molecular formula is C32H64O4. The Bertz CT molecular complexity index is 396. The first-order valence-electron chi connectivity index (χ1n) is 15.9. The number of hydrogen-bond donors (Lipinski definition) is 0. The standard InChI is InChI=1S/2C16H32O2/c2*1-3-5-6-7-8-9-10-11-12-13-14-15-16(17)18-4-2/h2*3-15H2,1-2H3. The molecule has 36 heavy (non-hydrogen) atoms. The second kappa shape index (κ2) is 33.9. The summed E-state index contributed by atoms with van der Waals surface area (Å²) in [6, 6.07) is 0. The summed E-state index contributed by atoms with van der Waals surface area (Å²) < 4.78 is 9.79. The van der Waals surface area contributed by atoms with E-state index in [1.165, 1.54) is 128 Å². The van der Waals surface area contributed by atoms with Gasteiger partial charge in [0.25, 0.3) is 0 Å². The molecule has 0 spiro atoms. The lowest BCUT2D eigenvalue weighted by atomic mass is 10.1. The quantitative estimate of drug-likeness (QED) is 0.0854. The van der Waals surface area contributed by atoms with Gasteiger partial charge >= 0.3 is 11.9 Å². The Morgan fingerprint density at radius 2 is 0.583 bits per heavy atom. The van der Waals surface area contributed by atoms with Crippen LogP contribution in [0, 0.1) is 0 Å². The maximum Gasteiger partial charge on any atom is 0.305 e. The zero-order valence-corrected chi connectivity index (χ0v) is 25.0. The fourth-order valence-corrected chi connectivity index (χ4v) is 4.33. The Morgan fingerprint density at radius 3 is 0.806 bits per heavy atom. The van der Waals surface area contributed by atoms with Crippen molar-refractivity contribution in [2.45, 2.75) is 182 Å². The fourth-order valence-electron chi connectivity index (χ4n) is 4.33. The minimum atomic E-state index is -0.0339. The van der Waals surface area contributed by atoms with Gasteiger partial charge in [0.05, 0.1) is 13.2 Å². The molecule has 0 aromatic rings. The summed E-state index contributed by atoms with van der Waals surface area (Å²) in [5, 5.41) is 0. The number of carbonyl (C=O) groups excluding carboxylic acids is 2. The van der Waals surface area contributed by atoms with E-state index in [9.17, 15) is 9.59 Å². The van der Waals surface area contributed by atoms with E-state index in [0.717, 1.165) is 12.8 Å². The summed E-state index contributed by atoms with van der Waals surface area (Å²) in [4.78, 5) is 22.2. The molecule has 0 N–H and O–H groups in total. The zero-order chi connectivity index (χ0) is 27.0. The molecule has 0 saturated carbocycles. The van der Waals surface area contributed by atoms with Crippen LogP contribution >= 0.6 is 0 Å². The molecule has 0 rings (SSSR count). The number of carbonyl (C=O) groups is 2. The van der Waals surface area contributed by atoms with Crippen molar-refractivity contribution in [1.82, 2.24) is 0 Å². The first-order valence-corrected chi connectivity index (χ1v) is 15.9. The van der Waals surface area contributed by atoms with Gasteiger partial charge in [-0.05, 0) is 26.7 Å². The number of unbranched alkanes of at least 4 members (excludes halogenated alkanes) is 20. The number of ether oxygens (including phenoxy) is 2. The Hall–Kier alpha value is -1.06. The maximum atomic E-state index is 11.1. The van der Waals surface area contributed by atoms with Crippen molar-refractivity contribution in [2.24, 2.45) is 0 Å². The molecule has 0 unspecified atom stereocenters. The van der Waals surface area contributed by atoms with Gasteiger partial charge in [-0.2, -0.15) is 0 Å². The SMILES string of the molecule is CCCCCCCCCCCCCC(=O)OCC.CCCCCCCCCCCCCC(=O)OCC. The van der Waals surface area contributed by atoms with Gasteiger partial charge in [-0.3, -0.25) is 9.59 Å². The van der Waals surface area contributed by atoms with Gasteiger partial charge < -0.3 is 9.47 Å². The second-order valence-corrected chi connectivity index (χ2v) is 10.2. The summed E-state index contributed by atoms with van der Waals surface area (Å²) in [7, 11) is 0. The molecule has 0 saturated heterocycles. The van der Waals surface area contributed by atoms with Crippen molar-refractivity contribution in [1.29, 1.82) is 0 Å². The Labute approximate surface area is 226 Å². The molecule has 4 heteroatoms. The molecule has 0 amide bonds. The molecule has 0 bridgehead atoms. The molecule has 0 atom stereocenters. The van der Waals surface area contributed by atoms with Crippen molar-refractivity contribution in [3.8, 4) is 0 Å². The predicted octanol–water partition coefficient (Wildman–Crippen LogP) is 10.5. The molecule has 0 heterocycles. The fraction of sp³-hybridized carbons (Fsp3) is 0.938. The highest BCUT2D eigenvalue weighted by Crippen LogP contribution is 2.13. The molecule has 0 radical (unpaired) electrons. The maximum absolute atomic E-state index is 11.1. The number of hydrogen-bond acceptors (Lipinski definition) is 4. The predicted molar refractivity (Wildman–Crippen MR) is 155 cm³/mol. The first kappa shape index (κ1) is 37.1. The van der Waals surface area contributed by atoms with Crippen LogP contribution in [0.2, 0.25) is 0 Å². The molecule has 216 valence electrons. The largest absolute Gasteiger partial charge is 0.466 e. The molecular weight excluding hydrogens is 448 g/mol. The lowest BCUT2D eigenvalue weighted by Crippen LogP contribution is -2.03. The van der Waals surface area contributed by atoms with E-state index in [0.29, 0.717) is 26.1 Å². The summed E-state index contributed by atoms with van der Waals surface area (Å²) >= 11 is 0. The van der Waals surface area contributed by atoms with Crippen LogP contribution in [0.1, 0.15) is 182 Å². The van der Waals surface area contributed by atoms with E-state index in [4.69, 9.17) is 9.47 Å². The van der Waals surface area contributed by atoms with Crippen LogP contribution in [0.5, 0.6) is 0 Å². The van der Waals surface area contributed by atoms with Crippen LogP contribution in [0.4, 0.5) is 0 Å². The van der Waals surface area contributed by atoms with Gasteiger partial charge in [0, 0.05) is 12.8 Å². The lowest BCUT2D eigenvalue weighted by molar-refractivity contribution is -0.144. The van der Waals surface area contributed by atoms with Crippen molar-refractivity contribution < 1.29 is 19.1 Å². The average molecular weight is 513 g/mol. The minimum Gasteiger partial charge on any atom is -0.466 e. The van der Waals surface area contributed by atoms with Gasteiger partial charge in [0.1, 0.15) is 0 Å². The van der Waals surface area contributed by atoms with E-state index in [2.05, 4.69) is 13.8 Å². The van der Waals surface area contributed by atoms with E-state index < -0.39 is 0 Å². The van der Waals surface area contributed by atoms with Crippen molar-refractivity contribution in [3.63, 3.8) is 0 Å². The number of esters is 2. The minimum absolute atomic E-state index is 0.0339. The highest BCUT2D eigenvalue weighted by molar-refractivity contribution is 5.69. The summed E-state index contributed by atoms with van der Waals surface area (Å²) in [5.41, 5.74) is 0. The topological polar surface area (TPSA) is 52.6 Å². The third-order valence-corrected chi connectivity index (χ3v) is 6.58. The van der Waals surface area contributed by atoms with Crippen molar-refractivity contribution in [2.75, 3.05) is 13.2 Å². The summed E-state index contributed by atoms with van der Waals surface area (Å²) in [6.07, 6.45) is 30.2. The Kier molecular flexibility index (Phi) is 35.0. The summed E-state index contributed by atoms with van der Waals surface area (Å²) in [5.74, 6) is -0.0677. The monoisotopic (exact) mass is 512 g/mol. The van der Waals surface area contributed by atoms with Crippen molar-refractivity contribution >= 4 is 11.9 Å². The first-order chi connectivity index (χ1) is 17.6. The highest BCUT2D eigenvalue weighted by Gasteiger charge is 2.01. The summed E-state index contributed by atoms with van der Waals surface area (Å²) in [6.45, 7) is 9.26. The van der Waals surface area contributed by atoms with E-state index >= 15 is 0 Å². The Morgan fingerprint density at radius 1 is 0.361 bits per heavy atom. The highest BCUT2D eigenvalue weighted by atomic mass is 16.5. The van der Waals surface area contributed by atoms with Crippen LogP contribution < -0.4 is 0 Å². The van der Waals surface area contributed by atoms with Gasteiger partial charge in [-0.15, -0.1) is 0 Å². The van der Waals surface area contributed by atoms with Crippen LogP contribution in [-0.2, 0) is 19.1 Å². The third-order valence-electron chi connectivity index (χ3n) is 6.58. The number of rotatable bonds is 26. The van der Waals surface area contributed by atoms with Gasteiger partial charge in [0.2, 0.25) is 0 Å². The molecule has 0 aromatic heterocycles. The third kappa shape index (κ3) is 35.1. The van der Waals surface area contributed by atoms with Crippen LogP contribution in [0.15, 0.2) is 0 Å². The van der Waals surface area contributed by atoms with E-state index in [1.54, 1.807) is 0 Å². The molecule has 0 aromatic carbocycles. The van der Waals surface area contributed by atoms with Crippen LogP contribution in [0.25, 0.3) is 0 Å². The van der Waals surface area contributed by atoms with E-state index in [1.807, 2.05) is 13.8 Å². The van der Waals surface area contributed by atoms with Crippen LogP contribution in [0.3, 0.4) is 0 Å². The normalized spacial score (nSPS) is 10.6. The van der Waals surface area contributed by atoms with E-state index in [-0.39, 0.29) is 11.9 Å².